The molecule has 4 heteroatoms. The van der Waals surface area contributed by atoms with Crippen molar-refractivity contribution in [1.29, 1.82) is 0 Å². The minimum absolute atomic E-state index is 0.0564. The molecule has 0 spiro atoms. The zero-order chi connectivity index (χ0) is 12.5. The zero-order valence-electron chi connectivity index (χ0n) is 9.53. The van der Waals surface area contributed by atoms with Gasteiger partial charge in [0.25, 0.3) is 5.91 Å². The van der Waals surface area contributed by atoms with E-state index < -0.39 is 0 Å². The van der Waals surface area contributed by atoms with Crippen molar-refractivity contribution in [2.75, 3.05) is 6.54 Å². The minimum atomic E-state index is -0.0564. The number of nitrogens with one attached hydrogen (secondary N) is 2. The number of halogens is 1. The first kappa shape index (κ1) is 11.4. The van der Waals surface area contributed by atoms with Crippen LogP contribution in [-0.4, -0.2) is 12.5 Å². The summed E-state index contributed by atoms with van der Waals surface area (Å²) >= 11 is 3.50. The minimum Gasteiger partial charge on any atom is -0.287 e. The first-order chi connectivity index (χ1) is 8.74. The maximum atomic E-state index is 11.5. The molecule has 1 aliphatic rings. The first-order valence-corrected chi connectivity index (χ1v) is 6.45. The lowest BCUT2D eigenvalue weighted by Crippen LogP contribution is -2.25. The third-order valence-corrected chi connectivity index (χ3v) is 3.42. The second-order valence-electron chi connectivity index (χ2n) is 4.19. The van der Waals surface area contributed by atoms with Gasteiger partial charge in [0.05, 0.1) is 0 Å². The van der Waals surface area contributed by atoms with Gasteiger partial charge in [-0.25, -0.2) is 5.43 Å². The number of benzene rings is 2. The van der Waals surface area contributed by atoms with E-state index in [0.29, 0.717) is 6.54 Å². The van der Waals surface area contributed by atoms with Gasteiger partial charge >= 0.3 is 0 Å². The lowest BCUT2D eigenvalue weighted by molar-refractivity contribution is -0.116. The quantitative estimate of drug-likeness (QED) is 0.795. The average molecular weight is 303 g/mol. The Morgan fingerprint density at radius 3 is 2.83 bits per heavy atom. The van der Waals surface area contributed by atoms with Crippen LogP contribution in [0.5, 0.6) is 0 Å². The highest BCUT2D eigenvalue weighted by Crippen LogP contribution is 2.26. The molecule has 2 aromatic carbocycles. The Morgan fingerprint density at radius 1 is 1.22 bits per heavy atom. The Hall–Kier alpha value is -1.65. The topological polar surface area (TPSA) is 41.1 Å². The monoisotopic (exact) mass is 302 g/mol. The van der Waals surface area contributed by atoms with Crippen LogP contribution >= 0.6 is 15.9 Å². The number of carbonyl (C=O) groups is 1. The molecule has 1 saturated heterocycles. The lowest BCUT2D eigenvalue weighted by Gasteiger charge is -2.04. The summed E-state index contributed by atoms with van der Waals surface area (Å²) in [5.41, 5.74) is 7.21. The number of hydrogen-bond donors (Lipinski definition) is 2. The van der Waals surface area contributed by atoms with E-state index in [2.05, 4.69) is 45.0 Å². The van der Waals surface area contributed by atoms with Crippen LogP contribution < -0.4 is 10.9 Å². The van der Waals surface area contributed by atoms with Crippen molar-refractivity contribution in [2.45, 2.75) is 0 Å². The van der Waals surface area contributed by atoms with E-state index in [4.69, 9.17) is 0 Å². The molecular formula is C14H11BrN2O. The Balaban J connectivity index is 2.19. The lowest BCUT2D eigenvalue weighted by atomic mass is 10.0. The van der Waals surface area contributed by atoms with E-state index in [1.807, 2.05) is 24.3 Å². The Kier molecular flexibility index (Phi) is 2.89. The van der Waals surface area contributed by atoms with Gasteiger partial charge in [-0.1, -0.05) is 40.2 Å². The largest absolute Gasteiger partial charge is 0.287 e. The van der Waals surface area contributed by atoms with Gasteiger partial charge in [0.2, 0.25) is 0 Å². The van der Waals surface area contributed by atoms with Crippen LogP contribution in [0.4, 0.5) is 0 Å². The van der Waals surface area contributed by atoms with E-state index in [9.17, 15) is 4.79 Å². The van der Waals surface area contributed by atoms with E-state index >= 15 is 0 Å². The second kappa shape index (κ2) is 4.55. The van der Waals surface area contributed by atoms with Crippen molar-refractivity contribution in [1.82, 2.24) is 10.9 Å². The summed E-state index contributed by atoms with van der Waals surface area (Å²) in [6.07, 6.45) is 1.93. The summed E-state index contributed by atoms with van der Waals surface area (Å²) in [6.45, 7) is 0.555. The molecule has 3 rings (SSSR count). The molecule has 1 aliphatic heterocycles. The molecule has 3 nitrogen and oxygen atoms in total. The molecule has 18 heavy (non-hydrogen) atoms. The zero-order valence-corrected chi connectivity index (χ0v) is 11.1. The standard InChI is InChI=1S/C14H11BrN2O/c15-12-6-9-3-1-2-4-13(9)10(7-12)5-11-8-16-17-14(11)18/h1-7,16H,8H2,(H,17,18)/b11-5+. The summed E-state index contributed by atoms with van der Waals surface area (Å²) in [7, 11) is 0. The smallest absolute Gasteiger partial charge is 0.262 e. The average Bonchev–Trinajstić information content (AvgIpc) is 2.75. The second-order valence-corrected chi connectivity index (χ2v) is 5.11. The van der Waals surface area contributed by atoms with E-state index in [0.717, 1.165) is 26.4 Å². The SMILES string of the molecule is O=C1NNC/C1=C\c1cc(Br)cc2ccccc12. The van der Waals surface area contributed by atoms with Crippen LogP contribution in [0.15, 0.2) is 46.4 Å². The molecule has 0 unspecified atom stereocenters. The molecule has 0 radical (unpaired) electrons. The van der Waals surface area contributed by atoms with Gasteiger partial charge < -0.3 is 0 Å². The Morgan fingerprint density at radius 2 is 2.06 bits per heavy atom. The van der Waals surface area contributed by atoms with Crippen molar-refractivity contribution in [3.05, 3.63) is 52.0 Å². The summed E-state index contributed by atoms with van der Waals surface area (Å²) in [5.74, 6) is -0.0564. The molecule has 0 bridgehead atoms. The number of hydrazine groups is 1. The van der Waals surface area contributed by atoms with Crippen molar-refractivity contribution in [2.24, 2.45) is 0 Å². The van der Waals surface area contributed by atoms with Gasteiger partial charge in [-0.15, -0.1) is 0 Å². The molecule has 0 atom stereocenters. The van der Waals surface area contributed by atoms with Crippen LogP contribution in [0.3, 0.4) is 0 Å². The van der Waals surface area contributed by atoms with Crippen LogP contribution in [0.2, 0.25) is 0 Å². The highest BCUT2D eigenvalue weighted by atomic mass is 79.9. The Bertz CT molecular complexity index is 664. The highest BCUT2D eigenvalue weighted by molar-refractivity contribution is 9.10. The number of amides is 1. The number of rotatable bonds is 1. The summed E-state index contributed by atoms with van der Waals surface area (Å²) in [4.78, 5) is 11.5. The predicted octanol–water partition coefficient (Wildman–Crippen LogP) is 2.62. The maximum absolute atomic E-state index is 11.5. The number of carbonyl (C=O) groups excluding carboxylic acids is 1. The molecular weight excluding hydrogens is 292 g/mol. The fraction of sp³-hybridized carbons (Fsp3) is 0.0714. The third-order valence-electron chi connectivity index (χ3n) is 2.96. The van der Waals surface area contributed by atoms with Crippen LogP contribution in [0.25, 0.3) is 16.8 Å². The normalized spacial score (nSPS) is 17.4. The van der Waals surface area contributed by atoms with E-state index in [1.165, 1.54) is 0 Å². The van der Waals surface area contributed by atoms with Crippen molar-refractivity contribution >= 4 is 38.7 Å². The van der Waals surface area contributed by atoms with Gasteiger partial charge in [-0.05, 0) is 34.5 Å². The molecule has 1 heterocycles. The predicted molar refractivity (Wildman–Crippen MR) is 75.8 cm³/mol. The van der Waals surface area contributed by atoms with Crippen molar-refractivity contribution in [3.8, 4) is 0 Å². The first-order valence-electron chi connectivity index (χ1n) is 5.66. The summed E-state index contributed by atoms with van der Waals surface area (Å²) in [5, 5.41) is 2.30. The van der Waals surface area contributed by atoms with Crippen molar-refractivity contribution in [3.63, 3.8) is 0 Å². The van der Waals surface area contributed by atoms with Gasteiger partial charge in [-0.2, -0.15) is 0 Å². The molecule has 90 valence electrons. The van der Waals surface area contributed by atoms with E-state index in [-0.39, 0.29) is 5.91 Å². The van der Waals surface area contributed by atoms with Crippen LogP contribution in [-0.2, 0) is 4.79 Å². The highest BCUT2D eigenvalue weighted by Gasteiger charge is 2.15. The number of hydrogen-bond acceptors (Lipinski definition) is 2. The van der Waals surface area contributed by atoms with Gasteiger partial charge in [0, 0.05) is 16.6 Å². The molecule has 1 amide bonds. The molecule has 0 aliphatic carbocycles. The van der Waals surface area contributed by atoms with Gasteiger partial charge in [-0.3, -0.25) is 10.2 Å². The molecule has 0 aromatic heterocycles. The summed E-state index contributed by atoms with van der Waals surface area (Å²) < 4.78 is 1.01. The van der Waals surface area contributed by atoms with E-state index in [1.54, 1.807) is 0 Å². The van der Waals surface area contributed by atoms with Crippen LogP contribution in [0, 0.1) is 0 Å². The van der Waals surface area contributed by atoms with Crippen LogP contribution in [0.1, 0.15) is 5.56 Å². The third kappa shape index (κ3) is 2.05. The van der Waals surface area contributed by atoms with Gasteiger partial charge in [0.1, 0.15) is 0 Å². The molecule has 2 N–H and O–H groups in total. The number of fused-ring (bicyclic) bond motifs is 1. The molecule has 0 saturated carbocycles. The van der Waals surface area contributed by atoms with Crippen molar-refractivity contribution < 1.29 is 4.79 Å². The maximum Gasteiger partial charge on any atom is 0.262 e. The summed E-state index contributed by atoms with van der Waals surface area (Å²) in [6, 6.07) is 12.2. The molecule has 2 aromatic rings. The molecule has 1 fully saturated rings. The fourth-order valence-electron chi connectivity index (χ4n) is 2.11. The van der Waals surface area contributed by atoms with Gasteiger partial charge in [0.15, 0.2) is 0 Å². The fourth-order valence-corrected chi connectivity index (χ4v) is 2.60. The Labute approximate surface area is 113 Å².